The van der Waals surface area contributed by atoms with Crippen molar-refractivity contribution in [1.82, 2.24) is 9.88 Å². The van der Waals surface area contributed by atoms with E-state index in [9.17, 15) is 4.79 Å². The molecule has 0 aliphatic carbocycles. The number of alkyl halides is 1. The number of nitrogens with zero attached hydrogens (tertiary/aromatic N) is 2. The second-order valence-corrected chi connectivity index (χ2v) is 4.84. The van der Waals surface area contributed by atoms with Gasteiger partial charge in [0.15, 0.2) is 0 Å². The Morgan fingerprint density at radius 2 is 2.47 bits per heavy atom. The van der Waals surface area contributed by atoms with E-state index in [1.54, 1.807) is 6.20 Å². The average molecular weight is 269 g/mol. The summed E-state index contributed by atoms with van der Waals surface area (Å²) in [5.74, 6) is 0.199. The molecule has 1 atom stereocenters. The summed E-state index contributed by atoms with van der Waals surface area (Å²) in [6.45, 7) is 1.53. The zero-order valence-electron chi connectivity index (χ0n) is 8.40. The molecule has 80 valence electrons. The van der Waals surface area contributed by atoms with Crippen LogP contribution in [0.3, 0.4) is 0 Å². The maximum atomic E-state index is 11.8. The predicted octanol–water partition coefficient (Wildman–Crippen LogP) is 1.97. The Morgan fingerprint density at radius 3 is 3.20 bits per heavy atom. The lowest BCUT2D eigenvalue weighted by atomic mass is 10.1. The average Bonchev–Trinajstić information content (AvgIpc) is 2.26. The van der Waals surface area contributed by atoms with Gasteiger partial charge in [-0.25, -0.2) is 0 Å². The van der Waals surface area contributed by atoms with Crippen molar-refractivity contribution in [2.45, 2.75) is 24.2 Å². The normalized spacial score (nSPS) is 21.8. The molecule has 15 heavy (non-hydrogen) atoms. The summed E-state index contributed by atoms with van der Waals surface area (Å²) in [7, 11) is 0. The molecular weight excluding hydrogens is 256 g/mol. The Hall–Kier alpha value is -0.900. The summed E-state index contributed by atoms with van der Waals surface area (Å²) in [4.78, 5) is 17.7. The minimum atomic E-state index is 0.00271. The number of carbonyl (C=O) groups excluding carboxylic acids is 1. The fourth-order valence-corrected chi connectivity index (χ4v) is 2.38. The minimum absolute atomic E-state index is 0.00271. The molecule has 1 amide bonds. The molecule has 0 saturated carbocycles. The quantitative estimate of drug-likeness (QED) is 0.769. The number of likely N-dealkylation sites (tertiary alicyclic amines) is 1. The number of hydrogen-bond acceptors (Lipinski definition) is 2. The molecule has 0 bridgehead atoms. The maximum absolute atomic E-state index is 11.8. The van der Waals surface area contributed by atoms with Crippen molar-refractivity contribution < 1.29 is 4.79 Å². The molecule has 1 aliphatic rings. The SMILES string of the molecule is O=C1C(Br)CCCN1Cc1cccnc1. The monoisotopic (exact) mass is 268 g/mol. The molecular formula is C11H13BrN2O. The number of aromatic nitrogens is 1. The molecule has 1 fully saturated rings. The van der Waals surface area contributed by atoms with Gasteiger partial charge < -0.3 is 4.90 Å². The standard InChI is InChI=1S/C11H13BrN2O/c12-10-4-2-6-14(11(10)15)8-9-3-1-5-13-7-9/h1,3,5,7,10H,2,4,6,8H2. The third-order valence-electron chi connectivity index (χ3n) is 2.56. The number of rotatable bonds is 2. The van der Waals surface area contributed by atoms with E-state index in [2.05, 4.69) is 20.9 Å². The van der Waals surface area contributed by atoms with Crippen LogP contribution < -0.4 is 0 Å². The number of hydrogen-bond donors (Lipinski definition) is 0. The van der Waals surface area contributed by atoms with E-state index in [-0.39, 0.29) is 10.7 Å². The van der Waals surface area contributed by atoms with E-state index < -0.39 is 0 Å². The first-order chi connectivity index (χ1) is 7.27. The molecule has 1 unspecified atom stereocenters. The highest BCUT2D eigenvalue weighted by Gasteiger charge is 2.26. The van der Waals surface area contributed by atoms with Crippen LogP contribution in [-0.4, -0.2) is 27.2 Å². The van der Waals surface area contributed by atoms with Crippen molar-refractivity contribution in [3.05, 3.63) is 30.1 Å². The Kier molecular flexibility index (Phi) is 3.36. The number of pyridine rings is 1. The van der Waals surface area contributed by atoms with Crippen LogP contribution in [0.15, 0.2) is 24.5 Å². The summed E-state index contributed by atoms with van der Waals surface area (Å²) in [5.41, 5.74) is 1.09. The Balaban J connectivity index is 2.03. The smallest absolute Gasteiger partial charge is 0.236 e. The van der Waals surface area contributed by atoms with Gasteiger partial charge in [0.2, 0.25) is 5.91 Å². The van der Waals surface area contributed by atoms with Crippen molar-refractivity contribution in [1.29, 1.82) is 0 Å². The van der Waals surface area contributed by atoms with E-state index in [1.165, 1.54) is 0 Å². The fraction of sp³-hybridized carbons (Fsp3) is 0.455. The van der Waals surface area contributed by atoms with Gasteiger partial charge in [-0.05, 0) is 24.5 Å². The van der Waals surface area contributed by atoms with Gasteiger partial charge in [-0.2, -0.15) is 0 Å². The minimum Gasteiger partial charge on any atom is -0.337 e. The Bertz CT molecular complexity index is 342. The van der Waals surface area contributed by atoms with Gasteiger partial charge in [-0.1, -0.05) is 22.0 Å². The summed E-state index contributed by atoms with van der Waals surface area (Å²) in [6, 6.07) is 3.90. The van der Waals surface area contributed by atoms with Gasteiger partial charge in [-0.15, -0.1) is 0 Å². The van der Waals surface area contributed by atoms with Crippen LogP contribution in [0.4, 0.5) is 0 Å². The summed E-state index contributed by atoms with van der Waals surface area (Å²) < 4.78 is 0. The highest BCUT2D eigenvalue weighted by molar-refractivity contribution is 9.10. The van der Waals surface area contributed by atoms with E-state index >= 15 is 0 Å². The van der Waals surface area contributed by atoms with Gasteiger partial charge in [0.1, 0.15) is 0 Å². The molecule has 1 aromatic rings. The number of carbonyl (C=O) groups is 1. The highest BCUT2D eigenvalue weighted by Crippen LogP contribution is 2.19. The summed E-state index contributed by atoms with van der Waals surface area (Å²) in [6.07, 6.45) is 5.57. The van der Waals surface area contributed by atoms with E-state index in [4.69, 9.17) is 0 Å². The third kappa shape index (κ3) is 2.56. The maximum Gasteiger partial charge on any atom is 0.236 e. The van der Waals surface area contributed by atoms with E-state index in [0.717, 1.165) is 24.9 Å². The highest BCUT2D eigenvalue weighted by atomic mass is 79.9. The van der Waals surface area contributed by atoms with Crippen LogP contribution in [0.5, 0.6) is 0 Å². The zero-order valence-corrected chi connectivity index (χ0v) is 9.98. The second kappa shape index (κ2) is 4.75. The lowest BCUT2D eigenvalue weighted by Gasteiger charge is -2.29. The van der Waals surface area contributed by atoms with Gasteiger partial charge in [0, 0.05) is 25.5 Å². The third-order valence-corrected chi connectivity index (χ3v) is 3.41. The van der Waals surface area contributed by atoms with Crippen molar-refractivity contribution in [2.75, 3.05) is 6.54 Å². The number of amides is 1. The van der Waals surface area contributed by atoms with Crippen molar-refractivity contribution in [3.63, 3.8) is 0 Å². The second-order valence-electron chi connectivity index (χ2n) is 3.73. The Labute approximate surface area is 97.6 Å². The Morgan fingerprint density at radius 1 is 1.60 bits per heavy atom. The lowest BCUT2D eigenvalue weighted by molar-refractivity contribution is -0.133. The molecule has 1 aliphatic heterocycles. The fourth-order valence-electron chi connectivity index (χ4n) is 1.76. The van der Waals surface area contributed by atoms with Gasteiger partial charge in [0.05, 0.1) is 4.83 Å². The molecule has 0 aromatic carbocycles. The number of halogens is 1. The van der Waals surface area contributed by atoms with Crippen LogP contribution in [-0.2, 0) is 11.3 Å². The van der Waals surface area contributed by atoms with Gasteiger partial charge in [0.25, 0.3) is 0 Å². The van der Waals surface area contributed by atoms with Crippen molar-refractivity contribution in [2.24, 2.45) is 0 Å². The van der Waals surface area contributed by atoms with Crippen LogP contribution >= 0.6 is 15.9 Å². The molecule has 0 radical (unpaired) electrons. The molecule has 3 nitrogen and oxygen atoms in total. The molecule has 1 aromatic heterocycles. The van der Waals surface area contributed by atoms with Crippen LogP contribution in [0.1, 0.15) is 18.4 Å². The van der Waals surface area contributed by atoms with Gasteiger partial charge >= 0.3 is 0 Å². The van der Waals surface area contributed by atoms with Gasteiger partial charge in [-0.3, -0.25) is 9.78 Å². The molecule has 0 spiro atoms. The molecule has 0 N–H and O–H groups in total. The van der Waals surface area contributed by atoms with Crippen LogP contribution in [0.25, 0.3) is 0 Å². The number of piperidine rings is 1. The summed E-state index contributed by atoms with van der Waals surface area (Å²) >= 11 is 3.40. The molecule has 2 heterocycles. The molecule has 2 rings (SSSR count). The first kappa shape index (κ1) is 10.6. The largest absolute Gasteiger partial charge is 0.337 e. The first-order valence-corrected chi connectivity index (χ1v) is 6.00. The van der Waals surface area contributed by atoms with Crippen LogP contribution in [0.2, 0.25) is 0 Å². The predicted molar refractivity (Wildman–Crippen MR) is 61.6 cm³/mol. The summed E-state index contributed by atoms with van der Waals surface area (Å²) in [5, 5.41) is 0. The van der Waals surface area contributed by atoms with Crippen LogP contribution in [0, 0.1) is 0 Å². The zero-order chi connectivity index (χ0) is 10.7. The molecule has 4 heteroatoms. The topological polar surface area (TPSA) is 33.2 Å². The van der Waals surface area contributed by atoms with E-state index in [1.807, 2.05) is 23.2 Å². The van der Waals surface area contributed by atoms with Crippen molar-refractivity contribution in [3.8, 4) is 0 Å². The lowest BCUT2D eigenvalue weighted by Crippen LogP contribution is -2.41. The first-order valence-electron chi connectivity index (χ1n) is 5.09. The van der Waals surface area contributed by atoms with Crippen molar-refractivity contribution >= 4 is 21.8 Å². The molecule has 1 saturated heterocycles. The van der Waals surface area contributed by atoms with E-state index in [0.29, 0.717) is 6.54 Å².